The van der Waals surface area contributed by atoms with Crippen molar-refractivity contribution in [3.63, 3.8) is 0 Å². The van der Waals surface area contributed by atoms with Gasteiger partial charge in [-0.25, -0.2) is 9.67 Å². The Bertz CT molecular complexity index is 890. The molecule has 9 heteroatoms. The van der Waals surface area contributed by atoms with E-state index in [9.17, 15) is 4.79 Å². The lowest BCUT2D eigenvalue weighted by Gasteiger charge is -2.05. The number of anilines is 1. The monoisotopic (exact) mass is 422 g/mol. The minimum atomic E-state index is -0.165. The molecule has 1 N–H and O–H groups in total. The lowest BCUT2D eigenvalue weighted by Crippen LogP contribution is -2.16. The first-order valence-electron chi connectivity index (χ1n) is 7.63. The molecule has 0 aliphatic heterocycles. The van der Waals surface area contributed by atoms with Crippen molar-refractivity contribution < 1.29 is 4.79 Å². The second-order valence-electron chi connectivity index (χ2n) is 5.46. The molecule has 0 atom stereocenters. The van der Waals surface area contributed by atoms with Gasteiger partial charge >= 0.3 is 0 Å². The van der Waals surface area contributed by atoms with Crippen LogP contribution in [0.1, 0.15) is 17.7 Å². The first-order valence-corrected chi connectivity index (χ1v) is 8.80. The van der Waals surface area contributed by atoms with Crippen LogP contribution in [0.2, 0.25) is 5.02 Å². The first-order chi connectivity index (χ1) is 12.0. The Hall–Kier alpha value is -2.19. The van der Waals surface area contributed by atoms with Crippen LogP contribution < -0.4 is 5.32 Å². The van der Waals surface area contributed by atoms with Crippen LogP contribution in [0.3, 0.4) is 0 Å². The fourth-order valence-electron chi connectivity index (χ4n) is 2.27. The molecule has 0 fully saturated rings. The molecule has 0 spiro atoms. The Morgan fingerprint density at radius 3 is 2.88 bits per heavy atom. The van der Waals surface area contributed by atoms with E-state index in [1.807, 2.05) is 31.2 Å². The molecule has 2 aromatic heterocycles. The number of hydrogen-bond acceptors (Lipinski definition) is 4. The molecule has 1 amide bonds. The average Bonchev–Trinajstić information content (AvgIpc) is 3.15. The summed E-state index contributed by atoms with van der Waals surface area (Å²) in [7, 11) is 0. The third-order valence-electron chi connectivity index (χ3n) is 3.67. The highest BCUT2D eigenvalue weighted by Gasteiger charge is 2.10. The second kappa shape index (κ2) is 7.79. The van der Waals surface area contributed by atoms with Gasteiger partial charge in [0.15, 0.2) is 0 Å². The van der Waals surface area contributed by atoms with Gasteiger partial charge in [-0.05, 0) is 34.5 Å². The molecule has 2 heterocycles. The van der Waals surface area contributed by atoms with Crippen LogP contribution in [0.25, 0.3) is 0 Å². The van der Waals surface area contributed by atoms with Crippen molar-refractivity contribution in [3.8, 4) is 0 Å². The minimum Gasteiger partial charge on any atom is -0.293 e. The van der Waals surface area contributed by atoms with Gasteiger partial charge in [0.2, 0.25) is 11.9 Å². The molecular weight excluding hydrogens is 408 g/mol. The van der Waals surface area contributed by atoms with E-state index < -0.39 is 0 Å². The van der Waals surface area contributed by atoms with Crippen LogP contribution in [0, 0.1) is 6.92 Å². The lowest BCUT2D eigenvalue weighted by atomic mass is 10.2. The zero-order valence-electron chi connectivity index (χ0n) is 13.5. The summed E-state index contributed by atoms with van der Waals surface area (Å²) in [5.41, 5.74) is 1.92. The van der Waals surface area contributed by atoms with Gasteiger partial charge in [0.1, 0.15) is 6.33 Å². The smallest absolute Gasteiger partial charge is 0.248 e. The number of benzene rings is 1. The third-order valence-corrected chi connectivity index (χ3v) is 4.82. The maximum Gasteiger partial charge on any atom is 0.248 e. The number of halogens is 2. The van der Waals surface area contributed by atoms with E-state index in [2.05, 4.69) is 36.4 Å². The van der Waals surface area contributed by atoms with Gasteiger partial charge in [-0.2, -0.15) is 5.10 Å². The van der Waals surface area contributed by atoms with Crippen LogP contribution in [0.15, 0.2) is 41.3 Å². The van der Waals surface area contributed by atoms with Crippen LogP contribution in [-0.2, 0) is 17.9 Å². The molecule has 0 saturated carbocycles. The number of aromatic nitrogens is 5. The molecule has 0 aliphatic carbocycles. The number of amides is 1. The van der Waals surface area contributed by atoms with E-state index in [0.717, 1.165) is 15.7 Å². The Morgan fingerprint density at radius 2 is 2.16 bits per heavy atom. The Balaban J connectivity index is 1.55. The van der Waals surface area contributed by atoms with Crippen LogP contribution >= 0.6 is 27.5 Å². The maximum absolute atomic E-state index is 12.1. The van der Waals surface area contributed by atoms with E-state index in [0.29, 0.717) is 18.1 Å². The molecule has 7 nitrogen and oxygen atoms in total. The highest BCUT2D eigenvalue weighted by Crippen LogP contribution is 2.16. The molecule has 3 aromatic rings. The Kier molecular flexibility index (Phi) is 5.50. The van der Waals surface area contributed by atoms with E-state index in [4.69, 9.17) is 11.6 Å². The Labute approximate surface area is 158 Å². The molecule has 1 aromatic carbocycles. The first kappa shape index (κ1) is 17.6. The Morgan fingerprint density at radius 1 is 1.36 bits per heavy atom. The van der Waals surface area contributed by atoms with Gasteiger partial charge < -0.3 is 0 Å². The largest absolute Gasteiger partial charge is 0.293 e. The van der Waals surface area contributed by atoms with Crippen LogP contribution in [0.5, 0.6) is 0 Å². The summed E-state index contributed by atoms with van der Waals surface area (Å²) in [5.74, 6) is 0.108. The van der Waals surface area contributed by atoms with Gasteiger partial charge in [0.05, 0.1) is 23.8 Å². The van der Waals surface area contributed by atoms with Crippen molar-refractivity contribution in [2.75, 3.05) is 5.32 Å². The van der Waals surface area contributed by atoms with Crippen LogP contribution in [0.4, 0.5) is 5.95 Å². The molecule has 0 bridgehead atoms. The highest BCUT2D eigenvalue weighted by molar-refractivity contribution is 9.10. The van der Waals surface area contributed by atoms with E-state index in [1.54, 1.807) is 21.9 Å². The minimum absolute atomic E-state index is 0.165. The number of hydrogen-bond donors (Lipinski definition) is 1. The predicted octanol–water partition coefficient (Wildman–Crippen LogP) is 3.28. The van der Waals surface area contributed by atoms with E-state index in [-0.39, 0.29) is 18.3 Å². The molecule has 0 saturated heterocycles. The zero-order valence-corrected chi connectivity index (χ0v) is 15.8. The number of nitrogens with zero attached hydrogens (tertiary/aromatic N) is 5. The van der Waals surface area contributed by atoms with Crippen molar-refractivity contribution >= 4 is 39.4 Å². The van der Waals surface area contributed by atoms with Gasteiger partial charge in [-0.15, -0.1) is 5.10 Å². The van der Waals surface area contributed by atoms with Gasteiger partial charge in [0, 0.05) is 17.1 Å². The average molecular weight is 424 g/mol. The molecule has 0 radical (unpaired) electrons. The standard InChI is InChI=1S/C16H16BrClN6O/c1-11-13(17)8-20-24(11)7-6-15(25)21-16-19-10-23(22-16)9-12-4-2-3-5-14(12)18/h2-5,8,10H,6-7,9H2,1H3,(H,21,22,25). The molecule has 130 valence electrons. The number of carbonyl (C=O) groups is 1. The van der Waals surface area contributed by atoms with Crippen molar-refractivity contribution in [2.24, 2.45) is 0 Å². The number of rotatable bonds is 6. The van der Waals surface area contributed by atoms with E-state index in [1.165, 1.54) is 0 Å². The maximum atomic E-state index is 12.1. The summed E-state index contributed by atoms with van der Waals surface area (Å²) in [6.07, 6.45) is 3.56. The number of nitrogens with one attached hydrogen (secondary N) is 1. The van der Waals surface area contributed by atoms with Gasteiger partial charge in [-0.3, -0.25) is 14.8 Å². The van der Waals surface area contributed by atoms with E-state index >= 15 is 0 Å². The lowest BCUT2D eigenvalue weighted by molar-refractivity contribution is -0.116. The molecule has 3 rings (SSSR count). The fraction of sp³-hybridized carbons (Fsp3) is 0.250. The summed E-state index contributed by atoms with van der Waals surface area (Å²) in [6.45, 7) is 2.92. The topological polar surface area (TPSA) is 77.6 Å². The predicted molar refractivity (Wildman–Crippen MR) is 98.5 cm³/mol. The second-order valence-corrected chi connectivity index (χ2v) is 6.72. The molecule has 0 aliphatic rings. The normalized spacial score (nSPS) is 10.8. The summed E-state index contributed by atoms with van der Waals surface area (Å²) < 4.78 is 4.33. The highest BCUT2D eigenvalue weighted by atomic mass is 79.9. The van der Waals surface area contributed by atoms with Crippen molar-refractivity contribution in [3.05, 3.63) is 57.5 Å². The number of aryl methyl sites for hydroxylation is 1. The van der Waals surface area contributed by atoms with Crippen molar-refractivity contribution in [1.82, 2.24) is 24.5 Å². The summed E-state index contributed by atoms with van der Waals surface area (Å²) in [4.78, 5) is 16.2. The van der Waals surface area contributed by atoms with Gasteiger partial charge in [0.25, 0.3) is 0 Å². The SMILES string of the molecule is Cc1c(Br)cnn1CCC(=O)Nc1ncn(Cc2ccccc2Cl)n1. The summed E-state index contributed by atoms with van der Waals surface area (Å²) in [6, 6.07) is 7.54. The van der Waals surface area contributed by atoms with Crippen LogP contribution in [-0.4, -0.2) is 30.5 Å². The summed E-state index contributed by atoms with van der Waals surface area (Å²) in [5, 5.41) is 11.8. The zero-order chi connectivity index (χ0) is 17.8. The third kappa shape index (κ3) is 4.46. The molecule has 25 heavy (non-hydrogen) atoms. The quantitative estimate of drug-likeness (QED) is 0.660. The molecular formula is C16H16BrClN6O. The fourth-order valence-corrected chi connectivity index (χ4v) is 2.76. The number of carbonyl (C=O) groups excluding carboxylic acids is 1. The molecule has 0 unspecified atom stereocenters. The van der Waals surface area contributed by atoms with Crippen molar-refractivity contribution in [2.45, 2.75) is 26.4 Å². The summed E-state index contributed by atoms with van der Waals surface area (Å²) >= 11 is 9.53. The van der Waals surface area contributed by atoms with Gasteiger partial charge in [-0.1, -0.05) is 29.8 Å². The van der Waals surface area contributed by atoms with Crippen molar-refractivity contribution in [1.29, 1.82) is 0 Å².